The van der Waals surface area contributed by atoms with E-state index in [0.29, 0.717) is 6.04 Å². The zero-order valence-electron chi connectivity index (χ0n) is 10.7. The fourth-order valence-electron chi connectivity index (χ4n) is 2.99. The Balaban J connectivity index is 1.58. The number of fused-ring (bicyclic) bond motifs is 1. The van der Waals surface area contributed by atoms with Gasteiger partial charge in [0.25, 0.3) is 0 Å². The fourth-order valence-corrected chi connectivity index (χ4v) is 2.99. The lowest BCUT2D eigenvalue weighted by molar-refractivity contribution is 0.190. The molecule has 0 unspecified atom stereocenters. The molecule has 1 aliphatic heterocycles. The van der Waals surface area contributed by atoms with Crippen LogP contribution in [0.3, 0.4) is 0 Å². The number of carbonyl (C=O) groups is 1. The quantitative estimate of drug-likeness (QED) is 0.809. The second-order valence-electron chi connectivity index (χ2n) is 5.41. The Hall–Kier alpha value is -1.51. The Morgan fingerprint density at radius 3 is 2.28 bits per heavy atom. The number of nitrogens with one attached hydrogen (secondary N) is 1. The molecule has 0 spiro atoms. The predicted molar refractivity (Wildman–Crippen MR) is 71.1 cm³/mol. The Bertz CT molecular complexity index is 413. The van der Waals surface area contributed by atoms with E-state index < -0.39 is 0 Å². The van der Waals surface area contributed by atoms with Crippen LogP contribution in [0.1, 0.15) is 43.2 Å². The fraction of sp³-hybridized carbons (Fsp3) is 0.533. The first-order valence-corrected chi connectivity index (χ1v) is 6.95. The van der Waals surface area contributed by atoms with Crippen molar-refractivity contribution >= 4 is 6.03 Å². The number of amides is 2. The summed E-state index contributed by atoms with van der Waals surface area (Å²) in [5.74, 6) is 0. The largest absolute Gasteiger partial charge is 0.335 e. The third-order valence-electron chi connectivity index (χ3n) is 4.06. The first kappa shape index (κ1) is 11.6. The predicted octanol–water partition coefficient (Wildman–Crippen LogP) is 3.04. The van der Waals surface area contributed by atoms with E-state index in [1.807, 2.05) is 17.0 Å². The molecular formula is C15H20N2O. The van der Waals surface area contributed by atoms with Gasteiger partial charge in [-0.15, -0.1) is 0 Å². The highest BCUT2D eigenvalue weighted by Gasteiger charge is 2.25. The minimum absolute atomic E-state index is 0.109. The van der Waals surface area contributed by atoms with Gasteiger partial charge in [0.2, 0.25) is 0 Å². The van der Waals surface area contributed by atoms with Crippen molar-refractivity contribution in [3.8, 4) is 0 Å². The molecule has 1 fully saturated rings. The van der Waals surface area contributed by atoms with Gasteiger partial charge in [-0.2, -0.15) is 0 Å². The normalized spacial score (nSPS) is 19.7. The first-order valence-electron chi connectivity index (χ1n) is 6.95. The molecule has 0 aromatic heterocycles. The zero-order valence-corrected chi connectivity index (χ0v) is 10.7. The summed E-state index contributed by atoms with van der Waals surface area (Å²) in [6.45, 7) is 1.52. The van der Waals surface area contributed by atoms with Gasteiger partial charge in [-0.3, -0.25) is 0 Å². The summed E-state index contributed by atoms with van der Waals surface area (Å²) in [6, 6.07) is 8.82. The van der Waals surface area contributed by atoms with Crippen LogP contribution in [0, 0.1) is 0 Å². The van der Waals surface area contributed by atoms with Crippen LogP contribution in [0.4, 0.5) is 4.79 Å². The van der Waals surface area contributed by atoms with Crippen molar-refractivity contribution in [2.75, 3.05) is 0 Å². The molecule has 0 bridgehead atoms. The number of rotatable bonds is 1. The summed E-state index contributed by atoms with van der Waals surface area (Å²) >= 11 is 0. The second kappa shape index (κ2) is 5.01. The van der Waals surface area contributed by atoms with Gasteiger partial charge in [-0.1, -0.05) is 43.5 Å². The average Bonchev–Trinajstić information content (AvgIpc) is 2.84. The van der Waals surface area contributed by atoms with E-state index in [4.69, 9.17) is 0 Å². The van der Waals surface area contributed by atoms with E-state index in [0.717, 1.165) is 25.9 Å². The number of nitrogens with zero attached hydrogens (tertiary/aromatic N) is 1. The third kappa shape index (κ3) is 2.35. The van der Waals surface area contributed by atoms with Gasteiger partial charge in [0.05, 0.1) is 0 Å². The molecule has 0 saturated heterocycles. The van der Waals surface area contributed by atoms with Crippen LogP contribution in [0.15, 0.2) is 24.3 Å². The Morgan fingerprint density at radius 1 is 1.06 bits per heavy atom. The number of hydrogen-bond donors (Lipinski definition) is 1. The molecule has 0 radical (unpaired) electrons. The minimum Gasteiger partial charge on any atom is -0.335 e. The number of urea groups is 1. The van der Waals surface area contributed by atoms with Crippen molar-refractivity contribution in [3.63, 3.8) is 0 Å². The maximum absolute atomic E-state index is 12.2. The van der Waals surface area contributed by atoms with E-state index in [-0.39, 0.29) is 6.03 Å². The molecule has 1 heterocycles. The van der Waals surface area contributed by atoms with Gasteiger partial charge < -0.3 is 10.2 Å². The minimum atomic E-state index is 0.109. The molecule has 3 heteroatoms. The molecule has 96 valence electrons. The van der Waals surface area contributed by atoms with Crippen molar-refractivity contribution in [1.29, 1.82) is 0 Å². The highest BCUT2D eigenvalue weighted by Crippen LogP contribution is 2.23. The van der Waals surface area contributed by atoms with E-state index in [1.54, 1.807) is 0 Å². The van der Waals surface area contributed by atoms with Gasteiger partial charge in [-0.25, -0.2) is 4.79 Å². The molecule has 2 aliphatic rings. The van der Waals surface area contributed by atoms with Crippen LogP contribution in [0.5, 0.6) is 0 Å². The molecule has 3 nitrogen and oxygen atoms in total. The SMILES string of the molecule is O=C(NC1CCCCC1)N1Cc2ccccc2C1. The molecule has 0 atom stereocenters. The lowest BCUT2D eigenvalue weighted by Crippen LogP contribution is -2.43. The monoisotopic (exact) mass is 244 g/mol. The lowest BCUT2D eigenvalue weighted by Gasteiger charge is -2.25. The van der Waals surface area contributed by atoms with E-state index in [2.05, 4.69) is 17.4 Å². The summed E-state index contributed by atoms with van der Waals surface area (Å²) in [5.41, 5.74) is 2.58. The van der Waals surface area contributed by atoms with Crippen LogP contribution < -0.4 is 5.32 Å². The maximum Gasteiger partial charge on any atom is 0.318 e. The highest BCUT2D eigenvalue weighted by atomic mass is 16.2. The molecule has 1 saturated carbocycles. The Morgan fingerprint density at radius 2 is 1.67 bits per heavy atom. The molecule has 18 heavy (non-hydrogen) atoms. The van der Waals surface area contributed by atoms with E-state index in [9.17, 15) is 4.79 Å². The topological polar surface area (TPSA) is 32.3 Å². The van der Waals surface area contributed by atoms with Crippen LogP contribution >= 0.6 is 0 Å². The van der Waals surface area contributed by atoms with Gasteiger partial charge in [-0.05, 0) is 24.0 Å². The zero-order chi connectivity index (χ0) is 12.4. The third-order valence-corrected chi connectivity index (χ3v) is 4.06. The van der Waals surface area contributed by atoms with E-state index in [1.165, 1.54) is 30.4 Å². The number of carbonyl (C=O) groups excluding carboxylic acids is 1. The summed E-state index contributed by atoms with van der Waals surface area (Å²) in [6.07, 6.45) is 6.12. The number of benzene rings is 1. The second-order valence-corrected chi connectivity index (χ2v) is 5.41. The lowest BCUT2D eigenvalue weighted by atomic mass is 9.96. The standard InChI is InChI=1S/C15H20N2O/c18-15(16-14-8-2-1-3-9-14)17-10-12-6-4-5-7-13(12)11-17/h4-7,14H,1-3,8-11H2,(H,16,18). The van der Waals surface area contributed by atoms with Crippen LogP contribution in [-0.4, -0.2) is 17.0 Å². The molecule has 1 N–H and O–H groups in total. The summed E-state index contributed by atoms with van der Waals surface area (Å²) in [7, 11) is 0. The maximum atomic E-state index is 12.2. The number of hydrogen-bond acceptors (Lipinski definition) is 1. The van der Waals surface area contributed by atoms with Crippen molar-refractivity contribution < 1.29 is 4.79 Å². The van der Waals surface area contributed by atoms with Gasteiger partial charge >= 0.3 is 6.03 Å². The van der Waals surface area contributed by atoms with Crippen LogP contribution in [0.2, 0.25) is 0 Å². The van der Waals surface area contributed by atoms with E-state index >= 15 is 0 Å². The van der Waals surface area contributed by atoms with Gasteiger partial charge in [0.1, 0.15) is 0 Å². The van der Waals surface area contributed by atoms with Gasteiger partial charge in [0, 0.05) is 19.1 Å². The Kier molecular flexibility index (Phi) is 3.22. The van der Waals surface area contributed by atoms with Crippen molar-refractivity contribution in [3.05, 3.63) is 35.4 Å². The Labute approximate surface area is 108 Å². The van der Waals surface area contributed by atoms with Crippen molar-refractivity contribution in [2.24, 2.45) is 0 Å². The first-order chi connectivity index (χ1) is 8.83. The van der Waals surface area contributed by atoms with Crippen molar-refractivity contribution in [2.45, 2.75) is 51.2 Å². The molecular weight excluding hydrogens is 224 g/mol. The molecule has 2 amide bonds. The van der Waals surface area contributed by atoms with Crippen molar-refractivity contribution in [1.82, 2.24) is 10.2 Å². The molecule has 1 aliphatic carbocycles. The summed E-state index contributed by atoms with van der Waals surface area (Å²) in [4.78, 5) is 14.1. The molecule has 3 rings (SSSR count). The van der Waals surface area contributed by atoms with Crippen LogP contribution in [0.25, 0.3) is 0 Å². The molecule has 1 aromatic rings. The smallest absolute Gasteiger partial charge is 0.318 e. The van der Waals surface area contributed by atoms with Crippen LogP contribution in [-0.2, 0) is 13.1 Å². The summed E-state index contributed by atoms with van der Waals surface area (Å²) in [5, 5.41) is 3.18. The summed E-state index contributed by atoms with van der Waals surface area (Å²) < 4.78 is 0. The molecule has 1 aromatic carbocycles. The highest BCUT2D eigenvalue weighted by molar-refractivity contribution is 5.75. The van der Waals surface area contributed by atoms with Gasteiger partial charge in [0.15, 0.2) is 0 Å². The average molecular weight is 244 g/mol.